The van der Waals surface area contributed by atoms with E-state index in [2.05, 4.69) is 5.16 Å². The number of oxime groups is 1. The maximum atomic E-state index is 8.59. The van der Waals surface area contributed by atoms with Gasteiger partial charge in [0.05, 0.1) is 7.11 Å². The second kappa shape index (κ2) is 6.47. The predicted molar refractivity (Wildman–Crippen MR) is 76.3 cm³/mol. The highest BCUT2D eigenvalue weighted by Crippen LogP contribution is 2.20. The maximum absolute atomic E-state index is 8.59. The van der Waals surface area contributed by atoms with E-state index in [-0.39, 0.29) is 5.84 Å². The Hall–Kier alpha value is -2.69. The van der Waals surface area contributed by atoms with Crippen LogP contribution in [0.25, 0.3) is 0 Å². The van der Waals surface area contributed by atoms with E-state index in [4.69, 9.17) is 20.4 Å². The van der Waals surface area contributed by atoms with Crippen LogP contribution in [-0.4, -0.2) is 18.2 Å². The fourth-order valence-corrected chi connectivity index (χ4v) is 1.76. The number of rotatable bonds is 5. The van der Waals surface area contributed by atoms with Gasteiger partial charge >= 0.3 is 0 Å². The molecule has 3 N–H and O–H groups in total. The number of hydrogen-bond donors (Lipinski definition) is 2. The molecule has 0 heterocycles. The molecule has 0 bridgehead atoms. The van der Waals surface area contributed by atoms with Crippen LogP contribution in [0, 0.1) is 0 Å². The molecule has 0 unspecified atom stereocenters. The van der Waals surface area contributed by atoms with Gasteiger partial charge in [-0.1, -0.05) is 23.4 Å². The Morgan fingerprint density at radius 2 is 1.85 bits per heavy atom. The molecule has 20 heavy (non-hydrogen) atoms. The fourth-order valence-electron chi connectivity index (χ4n) is 1.76. The van der Waals surface area contributed by atoms with Crippen molar-refractivity contribution in [3.05, 3.63) is 59.7 Å². The van der Waals surface area contributed by atoms with Crippen molar-refractivity contribution >= 4 is 5.84 Å². The number of nitrogens with zero attached hydrogens (tertiary/aromatic N) is 1. The summed E-state index contributed by atoms with van der Waals surface area (Å²) in [5.74, 6) is 1.56. The van der Waals surface area contributed by atoms with Crippen molar-refractivity contribution in [2.45, 2.75) is 6.61 Å². The average molecular weight is 272 g/mol. The van der Waals surface area contributed by atoms with Crippen LogP contribution in [0.1, 0.15) is 11.1 Å². The Balaban J connectivity index is 2.04. The van der Waals surface area contributed by atoms with Gasteiger partial charge in [-0.2, -0.15) is 0 Å². The summed E-state index contributed by atoms with van der Waals surface area (Å²) in [7, 11) is 1.63. The summed E-state index contributed by atoms with van der Waals surface area (Å²) in [4.78, 5) is 0. The van der Waals surface area contributed by atoms with E-state index in [0.29, 0.717) is 17.9 Å². The molecular formula is C15H16N2O3. The molecule has 0 atom stereocenters. The fraction of sp³-hybridized carbons (Fsp3) is 0.133. The van der Waals surface area contributed by atoms with Crippen molar-refractivity contribution in [2.24, 2.45) is 10.9 Å². The zero-order chi connectivity index (χ0) is 14.4. The van der Waals surface area contributed by atoms with Crippen LogP contribution >= 0.6 is 0 Å². The molecule has 0 saturated heterocycles. The Labute approximate surface area is 117 Å². The molecule has 5 nitrogen and oxygen atoms in total. The SMILES string of the molecule is COc1ccccc1COc1ccc(C(N)=NO)cc1. The summed E-state index contributed by atoms with van der Waals surface area (Å²) >= 11 is 0. The second-order valence-electron chi connectivity index (χ2n) is 4.11. The van der Waals surface area contributed by atoms with Crippen molar-refractivity contribution in [1.29, 1.82) is 0 Å². The first-order chi connectivity index (χ1) is 9.74. The highest BCUT2D eigenvalue weighted by Gasteiger charge is 2.03. The zero-order valence-corrected chi connectivity index (χ0v) is 11.1. The summed E-state index contributed by atoms with van der Waals surface area (Å²) in [6.45, 7) is 0.410. The Bertz CT molecular complexity index is 594. The third-order valence-corrected chi connectivity index (χ3v) is 2.84. The smallest absolute Gasteiger partial charge is 0.170 e. The number of amidine groups is 1. The molecule has 0 saturated carbocycles. The molecule has 0 aliphatic heterocycles. The van der Waals surface area contributed by atoms with Crippen LogP contribution in [0.15, 0.2) is 53.7 Å². The van der Waals surface area contributed by atoms with E-state index in [0.717, 1.165) is 11.3 Å². The molecule has 0 aliphatic rings. The first-order valence-corrected chi connectivity index (χ1v) is 6.07. The Kier molecular flexibility index (Phi) is 4.44. The van der Waals surface area contributed by atoms with E-state index < -0.39 is 0 Å². The number of para-hydroxylation sites is 1. The van der Waals surface area contributed by atoms with E-state index in [1.165, 1.54) is 0 Å². The molecule has 2 aromatic carbocycles. The molecule has 0 aromatic heterocycles. The van der Waals surface area contributed by atoms with Crippen LogP contribution in [0.5, 0.6) is 11.5 Å². The first-order valence-electron chi connectivity index (χ1n) is 6.07. The van der Waals surface area contributed by atoms with Crippen LogP contribution in [0.3, 0.4) is 0 Å². The molecule has 0 amide bonds. The number of benzene rings is 2. The van der Waals surface area contributed by atoms with Crippen molar-refractivity contribution in [3.63, 3.8) is 0 Å². The van der Waals surface area contributed by atoms with Gasteiger partial charge in [0, 0.05) is 11.1 Å². The minimum atomic E-state index is 0.0706. The van der Waals surface area contributed by atoms with Gasteiger partial charge in [0.15, 0.2) is 5.84 Å². The van der Waals surface area contributed by atoms with Gasteiger partial charge in [-0.05, 0) is 30.3 Å². The van der Waals surface area contributed by atoms with Gasteiger partial charge in [-0.3, -0.25) is 0 Å². The van der Waals surface area contributed by atoms with Crippen molar-refractivity contribution in [1.82, 2.24) is 0 Å². The monoisotopic (exact) mass is 272 g/mol. The van der Waals surface area contributed by atoms with Crippen LogP contribution in [-0.2, 0) is 6.61 Å². The van der Waals surface area contributed by atoms with Crippen LogP contribution in [0.4, 0.5) is 0 Å². The van der Waals surface area contributed by atoms with E-state index >= 15 is 0 Å². The van der Waals surface area contributed by atoms with Gasteiger partial charge in [0.25, 0.3) is 0 Å². The van der Waals surface area contributed by atoms with Crippen LogP contribution < -0.4 is 15.2 Å². The molecule has 0 fully saturated rings. The largest absolute Gasteiger partial charge is 0.496 e. The number of methoxy groups -OCH3 is 1. The number of ether oxygens (including phenoxy) is 2. The van der Waals surface area contributed by atoms with Gasteiger partial charge in [0.1, 0.15) is 18.1 Å². The molecule has 0 radical (unpaired) electrons. The lowest BCUT2D eigenvalue weighted by Gasteiger charge is -2.10. The molecule has 5 heteroatoms. The maximum Gasteiger partial charge on any atom is 0.170 e. The normalized spacial score (nSPS) is 11.2. The predicted octanol–water partition coefficient (Wildman–Crippen LogP) is 2.37. The summed E-state index contributed by atoms with van der Waals surface area (Å²) < 4.78 is 10.9. The summed E-state index contributed by atoms with van der Waals surface area (Å²) in [5.41, 5.74) is 7.09. The number of nitrogens with two attached hydrogens (primary N) is 1. The second-order valence-corrected chi connectivity index (χ2v) is 4.11. The van der Waals surface area contributed by atoms with E-state index in [1.807, 2.05) is 24.3 Å². The lowest BCUT2D eigenvalue weighted by molar-refractivity contribution is 0.296. The first kappa shape index (κ1) is 13.7. The molecule has 2 rings (SSSR count). The Morgan fingerprint density at radius 1 is 1.15 bits per heavy atom. The summed E-state index contributed by atoms with van der Waals surface area (Å²) in [6.07, 6.45) is 0. The molecule has 0 spiro atoms. The molecule has 0 aliphatic carbocycles. The number of hydrogen-bond acceptors (Lipinski definition) is 4. The topological polar surface area (TPSA) is 77.1 Å². The van der Waals surface area contributed by atoms with Crippen LogP contribution in [0.2, 0.25) is 0 Å². The van der Waals surface area contributed by atoms with Crippen molar-refractivity contribution < 1.29 is 14.7 Å². The molecule has 2 aromatic rings. The van der Waals surface area contributed by atoms with Crippen molar-refractivity contribution in [3.8, 4) is 11.5 Å². The minimum absolute atomic E-state index is 0.0706. The van der Waals surface area contributed by atoms with Gasteiger partial charge in [-0.25, -0.2) is 0 Å². The molecular weight excluding hydrogens is 256 g/mol. The van der Waals surface area contributed by atoms with Crippen molar-refractivity contribution in [2.75, 3.05) is 7.11 Å². The van der Waals surface area contributed by atoms with Gasteiger partial charge in [-0.15, -0.1) is 0 Å². The summed E-state index contributed by atoms with van der Waals surface area (Å²) in [5, 5.41) is 11.5. The lowest BCUT2D eigenvalue weighted by atomic mass is 10.2. The van der Waals surface area contributed by atoms with E-state index in [1.54, 1.807) is 31.4 Å². The average Bonchev–Trinajstić information content (AvgIpc) is 2.53. The Morgan fingerprint density at radius 3 is 2.50 bits per heavy atom. The lowest BCUT2D eigenvalue weighted by Crippen LogP contribution is -2.12. The summed E-state index contributed by atoms with van der Waals surface area (Å²) in [6, 6.07) is 14.7. The highest BCUT2D eigenvalue weighted by atomic mass is 16.5. The highest BCUT2D eigenvalue weighted by molar-refractivity contribution is 5.97. The van der Waals surface area contributed by atoms with Gasteiger partial charge < -0.3 is 20.4 Å². The third kappa shape index (κ3) is 3.20. The zero-order valence-electron chi connectivity index (χ0n) is 11.1. The molecule has 104 valence electrons. The quantitative estimate of drug-likeness (QED) is 0.379. The minimum Gasteiger partial charge on any atom is -0.496 e. The third-order valence-electron chi connectivity index (χ3n) is 2.84. The van der Waals surface area contributed by atoms with Gasteiger partial charge in [0.2, 0.25) is 0 Å². The van der Waals surface area contributed by atoms with E-state index in [9.17, 15) is 0 Å². The standard InChI is InChI=1S/C15H16N2O3/c1-19-14-5-3-2-4-12(14)10-20-13-8-6-11(7-9-13)15(16)17-18/h2-9,18H,10H2,1H3,(H2,16,17).